The highest BCUT2D eigenvalue weighted by Crippen LogP contribution is 2.34. The zero-order valence-electron chi connectivity index (χ0n) is 12.3. The second-order valence-electron chi connectivity index (χ2n) is 5.21. The Morgan fingerprint density at radius 1 is 1.14 bits per heavy atom. The topological polar surface area (TPSA) is 37.4 Å². The molecule has 3 nitrogen and oxygen atoms in total. The first-order valence-electron chi connectivity index (χ1n) is 6.90. The average molecular weight is 329 g/mol. The number of carbonyl (C=O) groups excluding carboxylic acids is 2. The molecule has 0 N–H and O–H groups in total. The lowest BCUT2D eigenvalue weighted by Gasteiger charge is -2.12. The van der Waals surface area contributed by atoms with E-state index in [2.05, 4.69) is 0 Å². The van der Waals surface area contributed by atoms with Gasteiger partial charge in [-0.2, -0.15) is 0 Å². The van der Waals surface area contributed by atoms with Gasteiger partial charge in [0.05, 0.1) is 11.4 Å². The molecule has 3 rings (SSSR count). The minimum Gasteiger partial charge on any atom is -0.268 e. The van der Waals surface area contributed by atoms with Crippen LogP contribution >= 0.6 is 23.1 Å². The first-order chi connectivity index (χ1) is 10.5. The van der Waals surface area contributed by atoms with E-state index in [0.29, 0.717) is 11.4 Å². The molecular weight excluding hydrogens is 314 g/mol. The monoisotopic (exact) mass is 329 g/mol. The number of carbonyl (C=O) groups is 2. The van der Waals surface area contributed by atoms with Crippen molar-refractivity contribution < 1.29 is 9.59 Å². The van der Waals surface area contributed by atoms with Crippen LogP contribution in [0.3, 0.4) is 0 Å². The Balaban J connectivity index is 1.81. The first-order valence-corrected chi connectivity index (χ1v) is 8.53. The fourth-order valence-electron chi connectivity index (χ4n) is 2.29. The van der Waals surface area contributed by atoms with Gasteiger partial charge in [-0.3, -0.25) is 14.5 Å². The summed E-state index contributed by atoms with van der Waals surface area (Å²) in [7, 11) is 0. The lowest BCUT2D eigenvalue weighted by molar-refractivity contribution is -0.123. The summed E-state index contributed by atoms with van der Waals surface area (Å²) in [6, 6.07) is 11.8. The van der Waals surface area contributed by atoms with Crippen LogP contribution in [0.5, 0.6) is 0 Å². The minimum atomic E-state index is -0.206. The van der Waals surface area contributed by atoms with E-state index in [1.165, 1.54) is 9.78 Å². The molecule has 1 aromatic carbocycles. The highest BCUT2D eigenvalue weighted by atomic mass is 32.2. The summed E-state index contributed by atoms with van der Waals surface area (Å²) in [6.07, 6.45) is 1.80. The normalized spacial score (nSPS) is 16.8. The molecule has 112 valence electrons. The van der Waals surface area contributed by atoms with Crippen molar-refractivity contribution in [2.45, 2.75) is 20.4 Å². The van der Waals surface area contributed by atoms with Gasteiger partial charge in [-0.1, -0.05) is 29.8 Å². The van der Waals surface area contributed by atoms with Gasteiger partial charge < -0.3 is 0 Å². The Morgan fingerprint density at radius 3 is 2.64 bits per heavy atom. The molecule has 0 aliphatic carbocycles. The van der Waals surface area contributed by atoms with Crippen molar-refractivity contribution in [3.05, 3.63) is 62.2 Å². The number of thioether (sulfide) groups is 1. The molecule has 2 aromatic rings. The van der Waals surface area contributed by atoms with Gasteiger partial charge in [0.25, 0.3) is 11.1 Å². The zero-order chi connectivity index (χ0) is 15.7. The van der Waals surface area contributed by atoms with Crippen molar-refractivity contribution in [2.24, 2.45) is 0 Å². The Kier molecular flexibility index (Phi) is 4.18. The number of aryl methyl sites for hydroxylation is 2. The maximum atomic E-state index is 12.4. The smallest absolute Gasteiger partial charge is 0.268 e. The van der Waals surface area contributed by atoms with Gasteiger partial charge in [-0.05, 0) is 49.4 Å². The quantitative estimate of drug-likeness (QED) is 0.772. The molecule has 5 heteroatoms. The lowest BCUT2D eigenvalue weighted by Crippen LogP contribution is -2.27. The van der Waals surface area contributed by atoms with Crippen LogP contribution in [-0.4, -0.2) is 16.0 Å². The molecule has 0 spiro atoms. The predicted molar refractivity (Wildman–Crippen MR) is 91.7 cm³/mol. The van der Waals surface area contributed by atoms with Gasteiger partial charge in [-0.15, -0.1) is 11.3 Å². The van der Waals surface area contributed by atoms with Gasteiger partial charge in [0, 0.05) is 9.75 Å². The largest absolute Gasteiger partial charge is 0.293 e. The van der Waals surface area contributed by atoms with Crippen molar-refractivity contribution in [3.8, 4) is 0 Å². The molecule has 0 radical (unpaired) electrons. The molecular formula is C17H15NO2S2. The summed E-state index contributed by atoms with van der Waals surface area (Å²) in [4.78, 5) is 28.5. The van der Waals surface area contributed by atoms with Gasteiger partial charge in [0.1, 0.15) is 0 Å². The third-order valence-electron chi connectivity index (χ3n) is 3.33. The average Bonchev–Trinajstić information content (AvgIpc) is 2.98. The zero-order valence-corrected chi connectivity index (χ0v) is 14.0. The molecule has 0 bridgehead atoms. The van der Waals surface area contributed by atoms with Crippen LogP contribution < -0.4 is 0 Å². The molecule has 1 saturated heterocycles. The second kappa shape index (κ2) is 6.10. The summed E-state index contributed by atoms with van der Waals surface area (Å²) < 4.78 is 0. The fourth-order valence-corrected chi connectivity index (χ4v) is 4.01. The SMILES string of the molecule is Cc1cccc(CN2C(=O)S/C(=C\c3ccc(C)s3)C2=O)c1. The van der Waals surface area contributed by atoms with Crippen molar-refractivity contribution in [3.63, 3.8) is 0 Å². The Labute approximate surface area is 137 Å². The van der Waals surface area contributed by atoms with Crippen molar-refractivity contribution in [2.75, 3.05) is 0 Å². The van der Waals surface area contributed by atoms with Gasteiger partial charge >= 0.3 is 0 Å². The number of benzene rings is 1. The minimum absolute atomic E-state index is 0.203. The van der Waals surface area contributed by atoms with Crippen LogP contribution in [0.2, 0.25) is 0 Å². The molecule has 0 unspecified atom stereocenters. The van der Waals surface area contributed by atoms with Crippen LogP contribution in [0.15, 0.2) is 41.3 Å². The summed E-state index contributed by atoms with van der Waals surface area (Å²) in [5, 5.41) is -0.203. The highest BCUT2D eigenvalue weighted by Gasteiger charge is 2.35. The third-order valence-corrected chi connectivity index (χ3v) is 5.19. The lowest BCUT2D eigenvalue weighted by atomic mass is 10.1. The number of amides is 2. The molecule has 1 aliphatic rings. The van der Waals surface area contributed by atoms with Crippen molar-refractivity contribution in [1.29, 1.82) is 0 Å². The Morgan fingerprint density at radius 2 is 1.95 bits per heavy atom. The standard InChI is InChI=1S/C17H15NO2S2/c1-11-4-3-5-13(8-11)10-18-16(19)15(22-17(18)20)9-14-7-6-12(2)21-14/h3-9H,10H2,1-2H3/b15-9-. The summed E-state index contributed by atoms with van der Waals surface area (Å²) >= 11 is 2.63. The predicted octanol–water partition coefficient (Wildman–Crippen LogP) is 4.60. The number of imide groups is 1. The van der Waals surface area contributed by atoms with Crippen molar-refractivity contribution >= 4 is 40.3 Å². The van der Waals surface area contributed by atoms with Gasteiger partial charge in [0.2, 0.25) is 0 Å². The fraction of sp³-hybridized carbons (Fsp3) is 0.176. The second-order valence-corrected chi connectivity index (χ2v) is 7.52. The van der Waals surface area contributed by atoms with Gasteiger partial charge in [0.15, 0.2) is 0 Å². The molecule has 1 fully saturated rings. The van der Waals surface area contributed by atoms with Crippen molar-refractivity contribution in [1.82, 2.24) is 4.90 Å². The van der Waals surface area contributed by atoms with E-state index in [1.54, 1.807) is 17.4 Å². The number of hydrogen-bond acceptors (Lipinski definition) is 4. The van der Waals surface area contributed by atoms with E-state index < -0.39 is 0 Å². The van der Waals surface area contributed by atoms with Crippen LogP contribution in [-0.2, 0) is 11.3 Å². The number of thiophene rings is 1. The van der Waals surface area contributed by atoms with Crippen LogP contribution in [0.1, 0.15) is 20.9 Å². The van der Waals surface area contributed by atoms with E-state index in [9.17, 15) is 9.59 Å². The molecule has 0 atom stereocenters. The van der Waals surface area contributed by atoms with Crippen LogP contribution in [0.25, 0.3) is 6.08 Å². The molecule has 1 aliphatic heterocycles. The van der Waals surface area contributed by atoms with E-state index in [-0.39, 0.29) is 11.1 Å². The molecule has 0 saturated carbocycles. The molecule has 2 heterocycles. The van der Waals surface area contributed by atoms with E-state index >= 15 is 0 Å². The number of rotatable bonds is 3. The first kappa shape index (κ1) is 15.1. The van der Waals surface area contributed by atoms with Gasteiger partial charge in [-0.25, -0.2) is 0 Å². The van der Waals surface area contributed by atoms with Crippen LogP contribution in [0.4, 0.5) is 4.79 Å². The Hall–Kier alpha value is -1.85. The van der Waals surface area contributed by atoms with E-state index in [1.807, 2.05) is 50.2 Å². The maximum Gasteiger partial charge on any atom is 0.293 e. The summed E-state index contributed by atoms with van der Waals surface area (Å²) in [6.45, 7) is 4.34. The summed E-state index contributed by atoms with van der Waals surface area (Å²) in [5.41, 5.74) is 2.09. The van der Waals surface area contributed by atoms with E-state index in [4.69, 9.17) is 0 Å². The molecule has 22 heavy (non-hydrogen) atoms. The summed E-state index contributed by atoms with van der Waals surface area (Å²) in [5.74, 6) is -0.206. The number of hydrogen-bond donors (Lipinski definition) is 0. The molecule has 2 amide bonds. The Bertz CT molecular complexity index is 776. The third kappa shape index (κ3) is 3.15. The highest BCUT2D eigenvalue weighted by molar-refractivity contribution is 8.18. The van der Waals surface area contributed by atoms with Crippen LogP contribution in [0, 0.1) is 13.8 Å². The van der Waals surface area contributed by atoms with E-state index in [0.717, 1.165) is 27.8 Å². The molecule has 1 aromatic heterocycles. The maximum absolute atomic E-state index is 12.4. The number of nitrogens with zero attached hydrogens (tertiary/aromatic N) is 1.